The highest BCUT2D eigenvalue weighted by atomic mass is 35.5. The fourth-order valence-electron chi connectivity index (χ4n) is 3.49. The van der Waals surface area contributed by atoms with Gasteiger partial charge in [-0.05, 0) is 44.5 Å². The molecule has 0 unspecified atom stereocenters. The lowest BCUT2D eigenvalue weighted by Gasteiger charge is -2.38. The third-order valence-corrected chi connectivity index (χ3v) is 6.22. The van der Waals surface area contributed by atoms with Crippen LogP contribution in [0.3, 0.4) is 0 Å². The molecule has 29 heavy (non-hydrogen) atoms. The van der Waals surface area contributed by atoms with Gasteiger partial charge in [-0.2, -0.15) is 0 Å². The van der Waals surface area contributed by atoms with Crippen LogP contribution in [0.4, 0.5) is 5.69 Å². The first-order valence-corrected chi connectivity index (χ1v) is 11.5. The highest BCUT2D eigenvalue weighted by Gasteiger charge is 2.35. The number of amides is 1. The fraction of sp³-hybridized carbons (Fsp3) is 0.381. The van der Waals surface area contributed by atoms with Crippen LogP contribution in [0.15, 0.2) is 42.5 Å². The molecule has 0 fully saturated rings. The van der Waals surface area contributed by atoms with Crippen LogP contribution in [0, 0.1) is 6.92 Å². The Morgan fingerprint density at radius 1 is 1.28 bits per heavy atom. The van der Waals surface area contributed by atoms with Gasteiger partial charge in [-0.1, -0.05) is 35.9 Å². The summed E-state index contributed by atoms with van der Waals surface area (Å²) >= 11 is 6.17. The number of benzene rings is 2. The number of nitrogens with zero attached hydrogens (tertiary/aromatic N) is 1. The molecule has 1 aliphatic rings. The number of hydrogen-bond donors (Lipinski definition) is 1. The zero-order valence-corrected chi connectivity index (χ0v) is 18.5. The molecule has 1 N–H and O–H groups in total. The Hall–Kier alpha value is -2.25. The van der Waals surface area contributed by atoms with Crippen LogP contribution in [0.2, 0.25) is 5.02 Å². The van der Waals surface area contributed by atoms with E-state index >= 15 is 0 Å². The third kappa shape index (κ3) is 5.03. The number of fused-ring (bicyclic) bond motifs is 1. The molecule has 0 radical (unpaired) electrons. The zero-order valence-electron chi connectivity index (χ0n) is 16.9. The number of aryl methyl sites for hydroxylation is 1. The molecule has 1 aliphatic heterocycles. The van der Waals surface area contributed by atoms with Gasteiger partial charge in [0, 0.05) is 12.0 Å². The number of ether oxygens (including phenoxy) is 1. The van der Waals surface area contributed by atoms with Crippen molar-refractivity contribution in [2.75, 3.05) is 17.1 Å². The van der Waals surface area contributed by atoms with Gasteiger partial charge in [0.05, 0.1) is 23.0 Å². The minimum absolute atomic E-state index is 0.263. The maximum atomic E-state index is 12.8. The standard InChI is InChI=1S/C21H25ClN2O4S/c1-14-9-10-15-17(12-21(2,3)28-19(15)11-14)23-20(25)13-24(29(4,26)27)18-8-6-5-7-16(18)22/h5-11,17H,12-13H2,1-4H3,(H,23,25)/t17-/m0/s1. The number of halogens is 1. The van der Waals surface area contributed by atoms with Gasteiger partial charge in [0.25, 0.3) is 0 Å². The quantitative estimate of drug-likeness (QED) is 0.772. The number of sulfonamides is 1. The minimum atomic E-state index is -3.70. The molecule has 156 valence electrons. The predicted molar refractivity (Wildman–Crippen MR) is 115 cm³/mol. The van der Waals surface area contributed by atoms with Gasteiger partial charge in [-0.3, -0.25) is 9.10 Å². The molecule has 2 aromatic rings. The molecule has 6 nitrogen and oxygen atoms in total. The smallest absolute Gasteiger partial charge is 0.241 e. The van der Waals surface area contributed by atoms with Crippen LogP contribution < -0.4 is 14.4 Å². The number of hydrogen-bond acceptors (Lipinski definition) is 4. The van der Waals surface area contributed by atoms with E-state index in [1.807, 2.05) is 39.0 Å². The van der Waals surface area contributed by atoms with Crippen molar-refractivity contribution >= 4 is 33.2 Å². The Morgan fingerprint density at radius 3 is 2.62 bits per heavy atom. The van der Waals surface area contributed by atoms with Gasteiger partial charge in [-0.25, -0.2) is 8.42 Å². The summed E-state index contributed by atoms with van der Waals surface area (Å²) in [7, 11) is -3.70. The van der Waals surface area contributed by atoms with Crippen molar-refractivity contribution in [2.24, 2.45) is 0 Å². The largest absolute Gasteiger partial charge is 0.487 e. The second kappa shape index (κ2) is 7.88. The summed E-state index contributed by atoms with van der Waals surface area (Å²) in [5.41, 5.74) is 1.76. The van der Waals surface area contributed by atoms with E-state index in [9.17, 15) is 13.2 Å². The monoisotopic (exact) mass is 436 g/mol. The predicted octanol–water partition coefficient (Wildman–Crippen LogP) is 3.83. The van der Waals surface area contributed by atoms with E-state index in [1.165, 1.54) is 0 Å². The molecule has 1 heterocycles. The average Bonchev–Trinajstić information content (AvgIpc) is 2.58. The van der Waals surface area contributed by atoms with E-state index in [4.69, 9.17) is 16.3 Å². The van der Waals surface area contributed by atoms with Crippen molar-refractivity contribution in [1.82, 2.24) is 5.32 Å². The van der Waals surface area contributed by atoms with Crippen LogP contribution in [0.1, 0.15) is 37.4 Å². The lowest BCUT2D eigenvalue weighted by molar-refractivity contribution is -0.120. The third-order valence-electron chi connectivity index (χ3n) is 4.77. The van der Waals surface area contributed by atoms with Gasteiger partial charge in [0.1, 0.15) is 17.9 Å². The van der Waals surface area contributed by atoms with E-state index in [1.54, 1.807) is 24.3 Å². The normalized spacial score (nSPS) is 17.8. The zero-order chi connectivity index (χ0) is 21.4. The summed E-state index contributed by atoms with van der Waals surface area (Å²) < 4.78 is 31.7. The van der Waals surface area contributed by atoms with Crippen molar-refractivity contribution < 1.29 is 17.9 Å². The Kier molecular flexibility index (Phi) is 5.83. The summed E-state index contributed by atoms with van der Waals surface area (Å²) in [5, 5.41) is 3.24. The fourth-order valence-corrected chi connectivity index (χ4v) is 4.65. The van der Waals surface area contributed by atoms with Crippen molar-refractivity contribution in [1.29, 1.82) is 0 Å². The first kappa shape index (κ1) is 21.5. The summed E-state index contributed by atoms with van der Waals surface area (Å²) in [6.07, 6.45) is 1.62. The molecule has 1 amide bonds. The van der Waals surface area contributed by atoms with Gasteiger partial charge >= 0.3 is 0 Å². The first-order chi connectivity index (χ1) is 13.5. The molecule has 1 atom stereocenters. The number of rotatable bonds is 5. The maximum Gasteiger partial charge on any atom is 0.241 e. The summed E-state index contributed by atoms with van der Waals surface area (Å²) in [5.74, 6) is 0.321. The van der Waals surface area contributed by atoms with Crippen LogP contribution in [-0.4, -0.2) is 32.7 Å². The number of carbonyl (C=O) groups excluding carboxylic acids is 1. The summed E-state index contributed by atoms with van der Waals surface area (Å²) in [6, 6.07) is 12.1. The van der Waals surface area contributed by atoms with E-state index in [0.29, 0.717) is 6.42 Å². The van der Waals surface area contributed by atoms with Crippen LogP contribution in [0.5, 0.6) is 5.75 Å². The summed E-state index contributed by atoms with van der Waals surface area (Å²) in [4.78, 5) is 12.8. The van der Waals surface area contributed by atoms with Gasteiger partial charge < -0.3 is 10.1 Å². The van der Waals surface area contributed by atoms with Crippen LogP contribution >= 0.6 is 11.6 Å². The number of anilines is 1. The Labute approximate surface area is 176 Å². The van der Waals surface area contributed by atoms with E-state index in [2.05, 4.69) is 5.32 Å². The second-order valence-electron chi connectivity index (χ2n) is 7.95. The Balaban J connectivity index is 1.85. The van der Waals surface area contributed by atoms with Crippen molar-refractivity contribution in [3.05, 3.63) is 58.6 Å². The molecular formula is C21H25ClN2O4S. The number of nitrogens with one attached hydrogen (secondary N) is 1. The molecule has 0 bridgehead atoms. The first-order valence-electron chi connectivity index (χ1n) is 9.27. The molecule has 0 saturated heterocycles. The second-order valence-corrected chi connectivity index (χ2v) is 10.3. The molecule has 2 aromatic carbocycles. The number of carbonyl (C=O) groups is 1. The van der Waals surface area contributed by atoms with Crippen LogP contribution in [0.25, 0.3) is 0 Å². The highest BCUT2D eigenvalue weighted by molar-refractivity contribution is 7.92. The molecular weight excluding hydrogens is 412 g/mol. The van der Waals surface area contributed by atoms with Crippen LogP contribution in [-0.2, 0) is 14.8 Å². The molecule has 0 aliphatic carbocycles. The lowest BCUT2D eigenvalue weighted by atomic mass is 9.89. The highest BCUT2D eigenvalue weighted by Crippen LogP contribution is 2.40. The van der Waals surface area contributed by atoms with Gasteiger partial charge in [0.2, 0.25) is 15.9 Å². The Bertz CT molecular complexity index is 1040. The van der Waals surface area contributed by atoms with E-state index < -0.39 is 21.5 Å². The molecule has 0 saturated carbocycles. The molecule has 0 aromatic heterocycles. The SMILES string of the molecule is Cc1ccc2c(c1)OC(C)(C)C[C@@H]2NC(=O)CN(c1ccccc1Cl)S(C)(=O)=O. The minimum Gasteiger partial charge on any atom is -0.487 e. The average molecular weight is 437 g/mol. The summed E-state index contributed by atoms with van der Waals surface area (Å²) in [6.45, 7) is 5.54. The maximum absolute atomic E-state index is 12.8. The van der Waals surface area contributed by atoms with Crippen molar-refractivity contribution in [3.63, 3.8) is 0 Å². The van der Waals surface area contributed by atoms with E-state index in [-0.39, 0.29) is 23.3 Å². The van der Waals surface area contributed by atoms with Gasteiger partial charge in [-0.15, -0.1) is 0 Å². The van der Waals surface area contributed by atoms with Gasteiger partial charge in [0.15, 0.2) is 0 Å². The molecule has 3 rings (SSSR count). The van der Waals surface area contributed by atoms with E-state index in [0.717, 1.165) is 27.4 Å². The van der Waals surface area contributed by atoms with Crippen molar-refractivity contribution in [3.8, 4) is 5.75 Å². The Morgan fingerprint density at radius 2 is 1.97 bits per heavy atom. The lowest BCUT2D eigenvalue weighted by Crippen LogP contribution is -2.45. The number of para-hydroxylation sites is 1. The topological polar surface area (TPSA) is 75.7 Å². The molecule has 0 spiro atoms. The molecule has 8 heteroatoms. The van der Waals surface area contributed by atoms with Crippen molar-refractivity contribution in [2.45, 2.75) is 38.8 Å².